The lowest BCUT2D eigenvalue weighted by molar-refractivity contribution is -0.144. The number of pyridine rings is 1. The zero-order valence-electron chi connectivity index (χ0n) is 13.5. The highest BCUT2D eigenvalue weighted by Crippen LogP contribution is 2.12. The fourth-order valence-corrected chi connectivity index (χ4v) is 2.26. The van der Waals surface area contributed by atoms with Crippen LogP contribution in [0.15, 0.2) is 24.4 Å². The lowest BCUT2D eigenvalue weighted by atomic mass is 9.96. The van der Waals surface area contributed by atoms with Crippen molar-refractivity contribution in [2.45, 2.75) is 45.2 Å². The van der Waals surface area contributed by atoms with E-state index in [2.05, 4.69) is 15.2 Å². The third kappa shape index (κ3) is 6.23. The van der Waals surface area contributed by atoms with Gasteiger partial charge in [0.15, 0.2) is 0 Å². The molecule has 1 heterocycles. The molecule has 0 aromatic carbocycles. The number of carboxylic acid groups (broad SMARTS) is 1. The molecule has 0 saturated carbocycles. The summed E-state index contributed by atoms with van der Waals surface area (Å²) in [4.78, 5) is 17.9. The first-order chi connectivity index (χ1) is 9.83. The number of rotatable bonds is 9. The van der Waals surface area contributed by atoms with Gasteiger partial charge in [-0.25, -0.2) is 0 Å². The van der Waals surface area contributed by atoms with E-state index in [1.807, 2.05) is 39.1 Å². The summed E-state index contributed by atoms with van der Waals surface area (Å²) >= 11 is 0. The molecule has 1 unspecified atom stereocenters. The molecule has 0 fully saturated rings. The standard InChI is InChI=1S/C16H27N3O2/c1-13(2)18-16(3,15(20)21)9-12-19(4)11-8-14-7-5-6-10-17-14/h5-7,10,13,18H,8-9,11-12H2,1-4H3,(H,20,21). The van der Waals surface area contributed by atoms with Gasteiger partial charge < -0.3 is 10.0 Å². The Morgan fingerprint density at radius 2 is 2.14 bits per heavy atom. The molecule has 0 saturated heterocycles. The maximum absolute atomic E-state index is 11.5. The van der Waals surface area contributed by atoms with Gasteiger partial charge >= 0.3 is 5.97 Å². The molecule has 0 bridgehead atoms. The molecule has 118 valence electrons. The molecule has 2 N–H and O–H groups in total. The normalized spacial score (nSPS) is 14.4. The van der Waals surface area contributed by atoms with Crippen molar-refractivity contribution in [3.8, 4) is 0 Å². The first-order valence-corrected chi connectivity index (χ1v) is 7.43. The highest BCUT2D eigenvalue weighted by Gasteiger charge is 2.33. The predicted octanol–water partition coefficient (Wildman–Crippen LogP) is 1.79. The third-order valence-electron chi connectivity index (χ3n) is 3.55. The van der Waals surface area contributed by atoms with Gasteiger partial charge in [-0.3, -0.25) is 15.1 Å². The third-order valence-corrected chi connectivity index (χ3v) is 3.55. The summed E-state index contributed by atoms with van der Waals surface area (Å²) in [6.45, 7) is 7.28. The van der Waals surface area contributed by atoms with Gasteiger partial charge in [-0.1, -0.05) is 6.07 Å². The Balaban J connectivity index is 2.43. The molecule has 5 nitrogen and oxygen atoms in total. The first kappa shape index (κ1) is 17.6. The van der Waals surface area contributed by atoms with Gasteiger partial charge in [0, 0.05) is 37.4 Å². The highest BCUT2D eigenvalue weighted by molar-refractivity contribution is 5.78. The minimum absolute atomic E-state index is 0.143. The van der Waals surface area contributed by atoms with Gasteiger partial charge in [-0.2, -0.15) is 0 Å². The van der Waals surface area contributed by atoms with E-state index < -0.39 is 11.5 Å². The first-order valence-electron chi connectivity index (χ1n) is 7.43. The number of carboxylic acids is 1. The second-order valence-corrected chi connectivity index (χ2v) is 6.06. The zero-order chi connectivity index (χ0) is 15.9. The molecule has 0 aliphatic heterocycles. The Labute approximate surface area is 127 Å². The van der Waals surface area contributed by atoms with Gasteiger partial charge in [0.25, 0.3) is 0 Å². The zero-order valence-corrected chi connectivity index (χ0v) is 13.5. The molecule has 1 rings (SSSR count). The predicted molar refractivity (Wildman–Crippen MR) is 84.4 cm³/mol. The maximum atomic E-state index is 11.5. The summed E-state index contributed by atoms with van der Waals surface area (Å²) in [5, 5.41) is 12.6. The maximum Gasteiger partial charge on any atom is 0.323 e. The second-order valence-electron chi connectivity index (χ2n) is 6.06. The molecule has 0 aliphatic rings. The van der Waals surface area contributed by atoms with E-state index in [4.69, 9.17) is 0 Å². The van der Waals surface area contributed by atoms with Gasteiger partial charge in [0.2, 0.25) is 0 Å². The van der Waals surface area contributed by atoms with Crippen molar-refractivity contribution >= 4 is 5.97 Å². The van der Waals surface area contributed by atoms with Crippen LogP contribution in [0, 0.1) is 0 Å². The van der Waals surface area contributed by atoms with E-state index in [9.17, 15) is 9.90 Å². The van der Waals surface area contributed by atoms with Crippen molar-refractivity contribution in [1.82, 2.24) is 15.2 Å². The van der Waals surface area contributed by atoms with Crippen LogP contribution >= 0.6 is 0 Å². The van der Waals surface area contributed by atoms with Gasteiger partial charge in [-0.05, 0) is 46.4 Å². The van der Waals surface area contributed by atoms with Crippen LogP contribution in [0.2, 0.25) is 0 Å². The minimum atomic E-state index is -0.882. The van der Waals surface area contributed by atoms with Crippen molar-refractivity contribution < 1.29 is 9.90 Å². The van der Waals surface area contributed by atoms with E-state index in [1.165, 1.54) is 0 Å². The van der Waals surface area contributed by atoms with Gasteiger partial charge in [0.05, 0.1) is 0 Å². The number of aromatic nitrogens is 1. The average molecular weight is 293 g/mol. The molecule has 0 amide bonds. The summed E-state index contributed by atoms with van der Waals surface area (Å²) in [6.07, 6.45) is 3.24. The number of aliphatic carboxylic acids is 1. The monoisotopic (exact) mass is 293 g/mol. The molecule has 1 aromatic heterocycles. The van der Waals surface area contributed by atoms with Crippen molar-refractivity contribution in [1.29, 1.82) is 0 Å². The summed E-state index contributed by atoms with van der Waals surface area (Å²) in [5.41, 5.74) is 0.179. The number of likely N-dealkylation sites (N-methyl/N-ethyl adjacent to an activating group) is 1. The van der Waals surface area contributed by atoms with Crippen LogP contribution in [0.25, 0.3) is 0 Å². The smallest absolute Gasteiger partial charge is 0.323 e. The molecule has 1 aromatic rings. The second kappa shape index (κ2) is 8.10. The highest BCUT2D eigenvalue weighted by atomic mass is 16.4. The Bertz CT molecular complexity index is 436. The lowest BCUT2D eigenvalue weighted by Crippen LogP contribution is -2.53. The summed E-state index contributed by atoms with van der Waals surface area (Å²) in [5.74, 6) is -0.797. The number of hydrogen-bond acceptors (Lipinski definition) is 4. The fraction of sp³-hybridized carbons (Fsp3) is 0.625. The van der Waals surface area contributed by atoms with E-state index in [-0.39, 0.29) is 6.04 Å². The number of nitrogens with one attached hydrogen (secondary N) is 1. The van der Waals surface area contributed by atoms with Crippen molar-refractivity contribution in [3.63, 3.8) is 0 Å². The van der Waals surface area contributed by atoms with Crippen LogP contribution in [0.1, 0.15) is 32.9 Å². The van der Waals surface area contributed by atoms with E-state index in [0.717, 1.165) is 25.2 Å². The number of carbonyl (C=O) groups is 1. The summed E-state index contributed by atoms with van der Waals surface area (Å²) in [7, 11) is 2.01. The molecule has 0 radical (unpaired) electrons. The SMILES string of the molecule is CC(C)NC(C)(CCN(C)CCc1ccccn1)C(=O)O. The average Bonchev–Trinajstić information content (AvgIpc) is 2.43. The van der Waals surface area contributed by atoms with E-state index in [1.54, 1.807) is 13.1 Å². The van der Waals surface area contributed by atoms with Crippen LogP contribution in [-0.2, 0) is 11.2 Å². The van der Waals surface area contributed by atoms with Gasteiger partial charge in [0.1, 0.15) is 5.54 Å². The van der Waals surface area contributed by atoms with Crippen molar-refractivity contribution in [2.75, 3.05) is 20.1 Å². The topological polar surface area (TPSA) is 65.5 Å². The van der Waals surface area contributed by atoms with Crippen LogP contribution in [0.3, 0.4) is 0 Å². The van der Waals surface area contributed by atoms with Crippen molar-refractivity contribution in [3.05, 3.63) is 30.1 Å². The minimum Gasteiger partial charge on any atom is -0.480 e. The lowest BCUT2D eigenvalue weighted by Gasteiger charge is -2.30. The number of hydrogen-bond donors (Lipinski definition) is 2. The Morgan fingerprint density at radius 3 is 2.67 bits per heavy atom. The summed E-state index contributed by atoms with van der Waals surface area (Å²) < 4.78 is 0. The quantitative estimate of drug-likeness (QED) is 0.726. The van der Waals surface area contributed by atoms with Crippen LogP contribution in [0.4, 0.5) is 0 Å². The largest absolute Gasteiger partial charge is 0.480 e. The molecule has 21 heavy (non-hydrogen) atoms. The van der Waals surface area contributed by atoms with E-state index >= 15 is 0 Å². The Hall–Kier alpha value is -1.46. The molecule has 5 heteroatoms. The molecule has 1 atom stereocenters. The fourth-order valence-electron chi connectivity index (χ4n) is 2.26. The molecular formula is C16H27N3O2. The number of nitrogens with zero attached hydrogens (tertiary/aromatic N) is 2. The summed E-state index contributed by atoms with van der Waals surface area (Å²) in [6, 6.07) is 6.04. The van der Waals surface area contributed by atoms with Crippen LogP contribution in [0.5, 0.6) is 0 Å². The van der Waals surface area contributed by atoms with Crippen LogP contribution in [-0.4, -0.2) is 52.7 Å². The Kier molecular flexibility index (Phi) is 6.78. The van der Waals surface area contributed by atoms with Crippen molar-refractivity contribution in [2.24, 2.45) is 0 Å². The van der Waals surface area contributed by atoms with E-state index in [0.29, 0.717) is 6.42 Å². The van der Waals surface area contributed by atoms with Gasteiger partial charge in [-0.15, -0.1) is 0 Å². The van der Waals surface area contributed by atoms with Crippen LogP contribution < -0.4 is 5.32 Å². The molecule has 0 spiro atoms. The molecule has 0 aliphatic carbocycles. The molecular weight excluding hydrogens is 266 g/mol. The Morgan fingerprint density at radius 1 is 1.43 bits per heavy atom.